The fourth-order valence-corrected chi connectivity index (χ4v) is 2.61. The molecule has 0 saturated carbocycles. The summed E-state index contributed by atoms with van der Waals surface area (Å²) in [5.41, 5.74) is 1.15. The van der Waals surface area contributed by atoms with E-state index in [2.05, 4.69) is 14.9 Å². The van der Waals surface area contributed by atoms with E-state index >= 15 is 0 Å². The van der Waals surface area contributed by atoms with Crippen LogP contribution in [0.5, 0.6) is 5.88 Å². The Balaban J connectivity index is 1.56. The lowest BCUT2D eigenvalue weighted by molar-refractivity contribution is 0.248. The number of piperazine rings is 1. The Labute approximate surface area is 129 Å². The summed E-state index contributed by atoms with van der Waals surface area (Å²) in [7, 11) is 1.61. The maximum atomic E-state index is 13.8. The summed E-state index contributed by atoms with van der Waals surface area (Å²) in [6, 6.07) is 6.97. The van der Waals surface area contributed by atoms with Gasteiger partial charge < -0.3 is 9.64 Å². The van der Waals surface area contributed by atoms with Crippen LogP contribution in [0.1, 0.15) is 5.56 Å². The van der Waals surface area contributed by atoms with Crippen LogP contribution in [-0.2, 0) is 6.54 Å². The number of anilines is 1. The van der Waals surface area contributed by atoms with Gasteiger partial charge in [-0.3, -0.25) is 4.90 Å². The van der Waals surface area contributed by atoms with Gasteiger partial charge in [0.25, 0.3) is 0 Å². The monoisotopic (exact) mass is 302 g/mol. The van der Waals surface area contributed by atoms with Crippen LogP contribution < -0.4 is 9.64 Å². The molecule has 116 valence electrons. The molecular formula is C16H19FN4O. The van der Waals surface area contributed by atoms with Gasteiger partial charge in [-0.15, -0.1) is 0 Å². The second-order valence-electron chi connectivity index (χ2n) is 5.28. The molecule has 1 fully saturated rings. The number of nitrogens with zero attached hydrogens (tertiary/aromatic N) is 4. The minimum atomic E-state index is -0.254. The van der Waals surface area contributed by atoms with Gasteiger partial charge in [-0.05, 0) is 17.7 Å². The van der Waals surface area contributed by atoms with Crippen molar-refractivity contribution < 1.29 is 9.13 Å². The predicted molar refractivity (Wildman–Crippen MR) is 82.5 cm³/mol. The zero-order chi connectivity index (χ0) is 15.4. The molecule has 0 bridgehead atoms. The van der Waals surface area contributed by atoms with Crippen molar-refractivity contribution in [3.63, 3.8) is 0 Å². The topological polar surface area (TPSA) is 41.5 Å². The largest absolute Gasteiger partial charge is 0.481 e. The Morgan fingerprint density at radius 3 is 2.59 bits per heavy atom. The standard InChI is InChI=1S/C16H19FN4O/c1-22-15-5-4-13(11-19-15)12-20-7-9-21(10-8-20)16-14(17)3-2-6-18-16/h2-6,11H,7-10,12H2,1H3. The van der Waals surface area contributed by atoms with Gasteiger partial charge in [0.2, 0.25) is 5.88 Å². The normalized spacial score (nSPS) is 15.8. The van der Waals surface area contributed by atoms with E-state index in [-0.39, 0.29) is 5.82 Å². The summed E-state index contributed by atoms with van der Waals surface area (Å²) in [4.78, 5) is 12.7. The highest BCUT2D eigenvalue weighted by atomic mass is 19.1. The molecule has 5 nitrogen and oxygen atoms in total. The van der Waals surface area contributed by atoms with E-state index in [0.717, 1.165) is 38.3 Å². The number of aromatic nitrogens is 2. The maximum Gasteiger partial charge on any atom is 0.212 e. The van der Waals surface area contributed by atoms with Crippen LogP contribution in [0.2, 0.25) is 0 Å². The highest BCUT2D eigenvalue weighted by molar-refractivity contribution is 5.40. The number of pyridine rings is 2. The molecule has 1 aliphatic rings. The Morgan fingerprint density at radius 2 is 1.95 bits per heavy atom. The predicted octanol–water partition coefficient (Wildman–Crippen LogP) is 1.95. The molecule has 0 radical (unpaired) electrons. The minimum Gasteiger partial charge on any atom is -0.481 e. The first-order valence-electron chi connectivity index (χ1n) is 7.33. The molecule has 0 aliphatic carbocycles. The van der Waals surface area contributed by atoms with Crippen molar-refractivity contribution in [2.24, 2.45) is 0 Å². The third-order valence-corrected chi connectivity index (χ3v) is 3.82. The number of methoxy groups -OCH3 is 1. The second-order valence-corrected chi connectivity index (χ2v) is 5.28. The van der Waals surface area contributed by atoms with Crippen LogP contribution in [0.4, 0.5) is 10.2 Å². The van der Waals surface area contributed by atoms with Gasteiger partial charge in [-0.25, -0.2) is 14.4 Å². The van der Waals surface area contributed by atoms with Gasteiger partial charge >= 0.3 is 0 Å². The van der Waals surface area contributed by atoms with Gasteiger partial charge in [0.15, 0.2) is 11.6 Å². The number of rotatable bonds is 4. The summed E-state index contributed by atoms with van der Waals surface area (Å²) in [5, 5.41) is 0. The van der Waals surface area contributed by atoms with Crippen LogP contribution in [-0.4, -0.2) is 48.2 Å². The zero-order valence-corrected chi connectivity index (χ0v) is 12.6. The number of halogens is 1. The fraction of sp³-hybridized carbons (Fsp3) is 0.375. The van der Waals surface area contributed by atoms with Gasteiger partial charge in [-0.1, -0.05) is 6.07 Å². The molecule has 2 aromatic heterocycles. The Hall–Kier alpha value is -2.21. The smallest absolute Gasteiger partial charge is 0.212 e. The summed E-state index contributed by atoms with van der Waals surface area (Å²) in [6.45, 7) is 4.15. The summed E-state index contributed by atoms with van der Waals surface area (Å²) < 4.78 is 18.8. The lowest BCUT2D eigenvalue weighted by Crippen LogP contribution is -2.46. The van der Waals surface area contributed by atoms with Gasteiger partial charge in [0, 0.05) is 51.2 Å². The van der Waals surface area contributed by atoms with E-state index in [1.54, 1.807) is 19.4 Å². The van der Waals surface area contributed by atoms with Crippen molar-refractivity contribution >= 4 is 5.82 Å². The molecule has 0 aromatic carbocycles. The van der Waals surface area contributed by atoms with E-state index < -0.39 is 0 Å². The third kappa shape index (κ3) is 3.33. The first-order chi connectivity index (χ1) is 10.8. The molecule has 3 rings (SSSR count). The van der Waals surface area contributed by atoms with Crippen molar-refractivity contribution in [2.45, 2.75) is 6.54 Å². The van der Waals surface area contributed by atoms with Crippen LogP contribution in [0.3, 0.4) is 0 Å². The molecule has 0 spiro atoms. The average molecular weight is 302 g/mol. The minimum absolute atomic E-state index is 0.254. The van der Waals surface area contributed by atoms with E-state index in [0.29, 0.717) is 11.7 Å². The molecule has 0 unspecified atom stereocenters. The molecule has 6 heteroatoms. The van der Waals surface area contributed by atoms with Crippen LogP contribution >= 0.6 is 0 Å². The highest BCUT2D eigenvalue weighted by Gasteiger charge is 2.20. The lowest BCUT2D eigenvalue weighted by Gasteiger charge is -2.35. The fourth-order valence-electron chi connectivity index (χ4n) is 2.61. The molecule has 0 atom stereocenters. The highest BCUT2D eigenvalue weighted by Crippen LogP contribution is 2.18. The van der Waals surface area contributed by atoms with Crippen molar-refractivity contribution in [1.82, 2.24) is 14.9 Å². The molecule has 22 heavy (non-hydrogen) atoms. The van der Waals surface area contributed by atoms with Crippen molar-refractivity contribution in [3.05, 3.63) is 48.0 Å². The second kappa shape index (κ2) is 6.70. The Bertz CT molecular complexity index is 612. The summed E-state index contributed by atoms with van der Waals surface area (Å²) in [5.74, 6) is 0.822. The molecular weight excluding hydrogens is 283 g/mol. The van der Waals surface area contributed by atoms with Gasteiger partial charge in [0.05, 0.1) is 7.11 Å². The van der Waals surface area contributed by atoms with Crippen LogP contribution in [0.25, 0.3) is 0 Å². The van der Waals surface area contributed by atoms with E-state index in [1.807, 2.05) is 23.2 Å². The molecule has 1 aliphatic heterocycles. The Kier molecular flexibility index (Phi) is 4.48. The Morgan fingerprint density at radius 1 is 1.14 bits per heavy atom. The van der Waals surface area contributed by atoms with E-state index in [9.17, 15) is 4.39 Å². The average Bonchev–Trinajstić information content (AvgIpc) is 2.57. The van der Waals surface area contributed by atoms with Crippen molar-refractivity contribution in [2.75, 3.05) is 38.2 Å². The third-order valence-electron chi connectivity index (χ3n) is 3.82. The quantitative estimate of drug-likeness (QED) is 0.863. The van der Waals surface area contributed by atoms with Gasteiger partial charge in [0.1, 0.15) is 0 Å². The first-order valence-corrected chi connectivity index (χ1v) is 7.33. The van der Waals surface area contributed by atoms with Crippen LogP contribution in [0.15, 0.2) is 36.7 Å². The molecule has 1 saturated heterocycles. The summed E-state index contributed by atoms with van der Waals surface area (Å²) >= 11 is 0. The van der Waals surface area contributed by atoms with Gasteiger partial charge in [-0.2, -0.15) is 0 Å². The SMILES string of the molecule is COc1ccc(CN2CCN(c3ncccc3F)CC2)cn1. The zero-order valence-electron chi connectivity index (χ0n) is 12.6. The van der Waals surface area contributed by atoms with Crippen molar-refractivity contribution in [3.8, 4) is 5.88 Å². The summed E-state index contributed by atoms with van der Waals surface area (Å²) in [6.07, 6.45) is 3.47. The van der Waals surface area contributed by atoms with Crippen LogP contribution in [0, 0.1) is 5.82 Å². The van der Waals surface area contributed by atoms with E-state index in [4.69, 9.17) is 4.74 Å². The van der Waals surface area contributed by atoms with E-state index in [1.165, 1.54) is 6.07 Å². The number of hydrogen-bond acceptors (Lipinski definition) is 5. The van der Waals surface area contributed by atoms with Crippen molar-refractivity contribution in [1.29, 1.82) is 0 Å². The maximum absolute atomic E-state index is 13.8. The number of ether oxygens (including phenoxy) is 1. The molecule has 0 amide bonds. The molecule has 3 heterocycles. The molecule has 2 aromatic rings. The number of hydrogen-bond donors (Lipinski definition) is 0. The first kappa shape index (κ1) is 14.7. The lowest BCUT2D eigenvalue weighted by atomic mass is 10.2. The molecule has 0 N–H and O–H groups in total.